The van der Waals surface area contributed by atoms with Crippen LogP contribution >= 0.6 is 0 Å². The maximum atomic E-state index is 11.9. The van der Waals surface area contributed by atoms with Crippen LogP contribution in [-0.4, -0.2) is 30.1 Å². The van der Waals surface area contributed by atoms with Crippen LogP contribution in [0.4, 0.5) is 11.4 Å². The van der Waals surface area contributed by atoms with Crippen molar-refractivity contribution in [1.82, 2.24) is 0 Å². The number of anilines is 2. The molecule has 5 heteroatoms. The SMILES string of the molecule is CC(C)c1ccc2c(c1)N(C)C(CC(=O)O)C(=O)N2. The summed E-state index contributed by atoms with van der Waals surface area (Å²) in [6, 6.07) is 5.20. The Kier molecular flexibility index (Phi) is 3.46. The molecule has 1 aromatic rings. The molecule has 1 unspecified atom stereocenters. The number of carbonyl (C=O) groups excluding carboxylic acids is 1. The van der Waals surface area contributed by atoms with E-state index in [2.05, 4.69) is 19.2 Å². The van der Waals surface area contributed by atoms with Crippen molar-refractivity contribution in [1.29, 1.82) is 0 Å². The fourth-order valence-corrected chi connectivity index (χ4v) is 2.26. The van der Waals surface area contributed by atoms with Crippen LogP contribution in [-0.2, 0) is 9.59 Å². The minimum atomic E-state index is -0.976. The average Bonchev–Trinajstić information content (AvgIpc) is 2.33. The van der Waals surface area contributed by atoms with Gasteiger partial charge >= 0.3 is 5.97 Å². The first kappa shape index (κ1) is 13.4. The van der Waals surface area contributed by atoms with Crippen molar-refractivity contribution < 1.29 is 14.7 Å². The fourth-order valence-electron chi connectivity index (χ4n) is 2.26. The molecule has 1 heterocycles. The maximum Gasteiger partial charge on any atom is 0.305 e. The lowest BCUT2D eigenvalue weighted by Crippen LogP contribution is -2.47. The van der Waals surface area contributed by atoms with Crippen LogP contribution in [0.3, 0.4) is 0 Å². The molecule has 0 radical (unpaired) electrons. The number of likely N-dealkylation sites (N-methyl/N-ethyl adjacent to an activating group) is 1. The molecule has 1 atom stereocenters. The molecular weight excluding hydrogens is 244 g/mol. The van der Waals surface area contributed by atoms with Gasteiger partial charge in [-0.25, -0.2) is 0 Å². The smallest absolute Gasteiger partial charge is 0.305 e. The Hall–Kier alpha value is -2.04. The molecule has 2 N–H and O–H groups in total. The molecule has 0 aromatic heterocycles. The second kappa shape index (κ2) is 4.91. The molecule has 0 aliphatic carbocycles. The molecule has 1 aliphatic heterocycles. The van der Waals surface area contributed by atoms with Crippen LogP contribution < -0.4 is 10.2 Å². The summed E-state index contributed by atoms with van der Waals surface area (Å²) in [5.74, 6) is -0.862. The zero-order valence-corrected chi connectivity index (χ0v) is 11.3. The third-order valence-electron chi connectivity index (χ3n) is 3.46. The van der Waals surface area contributed by atoms with Gasteiger partial charge in [-0.15, -0.1) is 0 Å². The minimum Gasteiger partial charge on any atom is -0.481 e. The molecule has 19 heavy (non-hydrogen) atoms. The van der Waals surface area contributed by atoms with Crippen molar-refractivity contribution in [2.45, 2.75) is 32.2 Å². The van der Waals surface area contributed by atoms with Gasteiger partial charge in [-0.05, 0) is 23.6 Å². The van der Waals surface area contributed by atoms with Crippen molar-refractivity contribution in [3.05, 3.63) is 23.8 Å². The van der Waals surface area contributed by atoms with E-state index in [4.69, 9.17) is 5.11 Å². The number of carbonyl (C=O) groups is 2. The standard InChI is InChI=1S/C14H18N2O3/c1-8(2)9-4-5-10-11(6-9)16(3)12(7-13(17)18)14(19)15-10/h4-6,8,12H,7H2,1-3H3,(H,15,19)(H,17,18). The van der Waals surface area contributed by atoms with Gasteiger partial charge in [-0.3, -0.25) is 9.59 Å². The zero-order chi connectivity index (χ0) is 14.2. The molecule has 1 aliphatic rings. The van der Waals surface area contributed by atoms with Crippen molar-refractivity contribution in [2.75, 3.05) is 17.3 Å². The lowest BCUT2D eigenvalue weighted by molar-refractivity contribution is -0.138. The number of nitrogens with zero attached hydrogens (tertiary/aromatic N) is 1. The van der Waals surface area contributed by atoms with Crippen molar-refractivity contribution in [3.63, 3.8) is 0 Å². The predicted molar refractivity (Wildman–Crippen MR) is 73.6 cm³/mol. The quantitative estimate of drug-likeness (QED) is 0.874. The molecule has 0 bridgehead atoms. The molecule has 0 fully saturated rings. The number of nitrogens with one attached hydrogen (secondary N) is 1. The van der Waals surface area contributed by atoms with E-state index in [1.54, 1.807) is 11.9 Å². The Morgan fingerprint density at radius 2 is 2.16 bits per heavy atom. The third-order valence-corrected chi connectivity index (χ3v) is 3.46. The first-order chi connectivity index (χ1) is 8.90. The van der Waals surface area contributed by atoms with E-state index in [0.29, 0.717) is 5.92 Å². The summed E-state index contributed by atoms with van der Waals surface area (Å²) in [5.41, 5.74) is 2.77. The van der Waals surface area contributed by atoms with Crippen molar-refractivity contribution in [3.8, 4) is 0 Å². The highest BCUT2D eigenvalue weighted by atomic mass is 16.4. The molecule has 5 nitrogen and oxygen atoms in total. The number of benzene rings is 1. The Morgan fingerprint density at radius 3 is 2.74 bits per heavy atom. The number of carboxylic acid groups (broad SMARTS) is 1. The summed E-state index contributed by atoms with van der Waals surface area (Å²) in [6.45, 7) is 4.19. The van der Waals surface area contributed by atoms with Gasteiger partial charge < -0.3 is 15.3 Å². The van der Waals surface area contributed by atoms with E-state index in [0.717, 1.165) is 16.9 Å². The number of aliphatic carboxylic acids is 1. The molecule has 1 amide bonds. The van der Waals surface area contributed by atoms with Crippen LogP contribution in [0.15, 0.2) is 18.2 Å². The highest BCUT2D eigenvalue weighted by Crippen LogP contribution is 2.34. The Balaban J connectivity index is 2.38. The third kappa shape index (κ3) is 2.54. The molecular formula is C14H18N2O3. The maximum absolute atomic E-state index is 11.9. The van der Waals surface area contributed by atoms with E-state index in [1.165, 1.54) is 0 Å². The summed E-state index contributed by atoms with van der Waals surface area (Å²) in [6.07, 6.45) is -0.201. The van der Waals surface area contributed by atoms with Crippen LogP contribution in [0.1, 0.15) is 31.7 Å². The van der Waals surface area contributed by atoms with Crippen LogP contribution in [0.25, 0.3) is 0 Å². The largest absolute Gasteiger partial charge is 0.481 e. The Bertz CT molecular complexity index is 525. The molecule has 102 valence electrons. The van der Waals surface area contributed by atoms with Crippen molar-refractivity contribution in [2.24, 2.45) is 0 Å². The normalized spacial score (nSPS) is 18.2. The highest BCUT2D eigenvalue weighted by molar-refractivity contribution is 6.04. The van der Waals surface area contributed by atoms with Gasteiger partial charge in [-0.1, -0.05) is 19.9 Å². The van der Waals surface area contributed by atoms with Crippen LogP contribution in [0.5, 0.6) is 0 Å². The molecule has 0 saturated heterocycles. The first-order valence-corrected chi connectivity index (χ1v) is 6.29. The van der Waals surface area contributed by atoms with Gasteiger partial charge in [0.2, 0.25) is 5.91 Å². The number of carboxylic acids is 1. The van der Waals surface area contributed by atoms with E-state index in [1.807, 2.05) is 18.2 Å². The predicted octanol–water partition coefficient (Wildman–Crippen LogP) is 2.04. The monoisotopic (exact) mass is 262 g/mol. The highest BCUT2D eigenvalue weighted by Gasteiger charge is 2.32. The van der Waals surface area contributed by atoms with E-state index < -0.39 is 12.0 Å². The van der Waals surface area contributed by atoms with E-state index >= 15 is 0 Å². The Labute approximate surface area is 112 Å². The summed E-state index contributed by atoms with van der Waals surface area (Å²) in [7, 11) is 1.76. The fraction of sp³-hybridized carbons (Fsp3) is 0.429. The lowest BCUT2D eigenvalue weighted by Gasteiger charge is -2.35. The van der Waals surface area contributed by atoms with Gasteiger partial charge in [0.15, 0.2) is 0 Å². The minimum absolute atomic E-state index is 0.201. The summed E-state index contributed by atoms with van der Waals surface area (Å²) in [5, 5.41) is 11.7. The van der Waals surface area contributed by atoms with Gasteiger partial charge in [-0.2, -0.15) is 0 Å². The Morgan fingerprint density at radius 1 is 1.47 bits per heavy atom. The van der Waals surface area contributed by atoms with Crippen molar-refractivity contribution >= 4 is 23.3 Å². The lowest BCUT2D eigenvalue weighted by atomic mass is 9.99. The number of hydrogen-bond acceptors (Lipinski definition) is 3. The number of rotatable bonds is 3. The molecule has 0 spiro atoms. The summed E-state index contributed by atoms with van der Waals surface area (Å²) >= 11 is 0. The zero-order valence-electron chi connectivity index (χ0n) is 11.3. The second-order valence-electron chi connectivity index (χ2n) is 5.15. The number of fused-ring (bicyclic) bond motifs is 1. The van der Waals surface area contributed by atoms with Gasteiger partial charge in [0.25, 0.3) is 0 Å². The van der Waals surface area contributed by atoms with Crippen LogP contribution in [0.2, 0.25) is 0 Å². The van der Waals surface area contributed by atoms with E-state index in [9.17, 15) is 9.59 Å². The molecule has 2 rings (SSSR count). The molecule has 1 aromatic carbocycles. The van der Waals surface area contributed by atoms with Gasteiger partial charge in [0, 0.05) is 7.05 Å². The second-order valence-corrected chi connectivity index (χ2v) is 5.15. The molecule has 0 saturated carbocycles. The number of hydrogen-bond donors (Lipinski definition) is 2. The topological polar surface area (TPSA) is 69.6 Å². The van der Waals surface area contributed by atoms with E-state index in [-0.39, 0.29) is 12.3 Å². The first-order valence-electron chi connectivity index (χ1n) is 6.29. The van der Waals surface area contributed by atoms with Gasteiger partial charge in [0.1, 0.15) is 6.04 Å². The summed E-state index contributed by atoms with van der Waals surface area (Å²) < 4.78 is 0. The number of amides is 1. The summed E-state index contributed by atoms with van der Waals surface area (Å²) in [4.78, 5) is 24.5. The van der Waals surface area contributed by atoms with Gasteiger partial charge in [0.05, 0.1) is 17.8 Å². The average molecular weight is 262 g/mol. The van der Waals surface area contributed by atoms with Crippen LogP contribution in [0, 0.1) is 0 Å².